The number of nitrogens with one attached hydrogen (secondary N) is 1. The summed E-state index contributed by atoms with van der Waals surface area (Å²) in [5.74, 6) is 0.574. The molecule has 0 saturated carbocycles. The van der Waals surface area contributed by atoms with Crippen LogP contribution in [0.5, 0.6) is 0 Å². The summed E-state index contributed by atoms with van der Waals surface area (Å²) in [5.41, 5.74) is 5.03. The van der Waals surface area contributed by atoms with Crippen LogP contribution in [0, 0.1) is 6.92 Å². The minimum atomic E-state index is 0.574. The van der Waals surface area contributed by atoms with Crippen molar-refractivity contribution in [3.05, 3.63) is 59.5 Å². The summed E-state index contributed by atoms with van der Waals surface area (Å²) >= 11 is 0. The minimum absolute atomic E-state index is 0.574. The standard InChI is InChI=1S/C18H20N4/c1-13-10-20-21-17(13)16-7-9-22(12-16)11-15-5-2-4-14-6-3-8-19-18(14)15/h2-6,8,10,16H,7,9,11-12H2,1H3,(H,20,21)/t16-/m0/s1. The number of aryl methyl sites for hydroxylation is 1. The normalized spacial score (nSPS) is 19.0. The van der Waals surface area contributed by atoms with E-state index >= 15 is 0 Å². The van der Waals surface area contributed by atoms with Gasteiger partial charge >= 0.3 is 0 Å². The predicted octanol–water partition coefficient (Wildman–Crippen LogP) is 3.26. The molecule has 0 bridgehead atoms. The van der Waals surface area contributed by atoms with E-state index in [1.165, 1.54) is 28.6 Å². The summed E-state index contributed by atoms with van der Waals surface area (Å²) in [7, 11) is 0. The molecule has 1 aliphatic heterocycles. The van der Waals surface area contributed by atoms with Crippen molar-refractivity contribution < 1.29 is 0 Å². The topological polar surface area (TPSA) is 44.8 Å². The Labute approximate surface area is 130 Å². The molecule has 112 valence electrons. The molecule has 3 heterocycles. The Bertz CT molecular complexity index is 787. The van der Waals surface area contributed by atoms with Crippen LogP contribution in [0.4, 0.5) is 0 Å². The molecule has 4 nitrogen and oxygen atoms in total. The van der Waals surface area contributed by atoms with Gasteiger partial charge in [-0.1, -0.05) is 24.3 Å². The zero-order valence-corrected chi connectivity index (χ0v) is 12.8. The number of likely N-dealkylation sites (tertiary alicyclic amines) is 1. The monoisotopic (exact) mass is 292 g/mol. The van der Waals surface area contributed by atoms with Crippen LogP contribution in [0.3, 0.4) is 0 Å². The molecule has 1 atom stereocenters. The number of rotatable bonds is 3. The third kappa shape index (κ3) is 2.40. The lowest BCUT2D eigenvalue weighted by Gasteiger charge is -2.17. The molecule has 0 spiro atoms. The Kier molecular flexibility index (Phi) is 3.39. The van der Waals surface area contributed by atoms with Gasteiger partial charge in [0.25, 0.3) is 0 Å². The van der Waals surface area contributed by atoms with E-state index in [1.807, 2.05) is 18.5 Å². The highest BCUT2D eigenvalue weighted by molar-refractivity contribution is 5.81. The quantitative estimate of drug-likeness (QED) is 0.806. The van der Waals surface area contributed by atoms with Crippen LogP contribution in [0.2, 0.25) is 0 Å². The van der Waals surface area contributed by atoms with Crippen molar-refractivity contribution in [2.75, 3.05) is 13.1 Å². The molecule has 1 N–H and O–H groups in total. The smallest absolute Gasteiger partial charge is 0.0746 e. The van der Waals surface area contributed by atoms with Gasteiger partial charge in [0, 0.05) is 36.3 Å². The molecular formula is C18H20N4. The summed E-state index contributed by atoms with van der Waals surface area (Å²) in [5, 5.41) is 8.56. The fourth-order valence-corrected chi connectivity index (χ4v) is 3.52. The highest BCUT2D eigenvalue weighted by Gasteiger charge is 2.26. The maximum absolute atomic E-state index is 4.56. The number of nitrogens with zero attached hydrogens (tertiary/aromatic N) is 3. The van der Waals surface area contributed by atoms with Crippen molar-refractivity contribution in [3.63, 3.8) is 0 Å². The van der Waals surface area contributed by atoms with Gasteiger partial charge in [0.05, 0.1) is 11.7 Å². The minimum Gasteiger partial charge on any atom is -0.298 e. The van der Waals surface area contributed by atoms with E-state index in [2.05, 4.69) is 51.3 Å². The van der Waals surface area contributed by atoms with Gasteiger partial charge in [-0.25, -0.2) is 0 Å². The van der Waals surface area contributed by atoms with E-state index in [0.717, 1.165) is 25.2 Å². The van der Waals surface area contributed by atoms with Gasteiger partial charge in [0.15, 0.2) is 0 Å². The number of aromatic nitrogens is 3. The van der Waals surface area contributed by atoms with Crippen molar-refractivity contribution in [2.45, 2.75) is 25.8 Å². The maximum Gasteiger partial charge on any atom is 0.0746 e. The number of para-hydroxylation sites is 1. The molecule has 22 heavy (non-hydrogen) atoms. The first kappa shape index (κ1) is 13.5. The van der Waals surface area contributed by atoms with Crippen LogP contribution in [0.15, 0.2) is 42.7 Å². The van der Waals surface area contributed by atoms with Gasteiger partial charge in [-0.05, 0) is 37.1 Å². The zero-order chi connectivity index (χ0) is 14.9. The second-order valence-corrected chi connectivity index (χ2v) is 6.18. The fraction of sp³-hybridized carbons (Fsp3) is 0.333. The van der Waals surface area contributed by atoms with E-state index in [0.29, 0.717) is 5.92 Å². The van der Waals surface area contributed by atoms with E-state index < -0.39 is 0 Å². The number of pyridine rings is 1. The molecule has 2 aromatic heterocycles. The summed E-state index contributed by atoms with van der Waals surface area (Å²) in [6, 6.07) is 10.6. The number of fused-ring (bicyclic) bond motifs is 1. The molecule has 4 rings (SSSR count). The van der Waals surface area contributed by atoms with Gasteiger partial charge in [-0.15, -0.1) is 0 Å². The number of hydrogen-bond donors (Lipinski definition) is 1. The molecule has 1 saturated heterocycles. The Morgan fingerprint density at radius 3 is 3.05 bits per heavy atom. The highest BCUT2D eigenvalue weighted by atomic mass is 15.2. The molecule has 1 fully saturated rings. The SMILES string of the molecule is Cc1cn[nH]c1[C@H]1CCN(Cc2cccc3cccnc23)C1. The van der Waals surface area contributed by atoms with Crippen LogP contribution in [0.25, 0.3) is 10.9 Å². The third-order valence-corrected chi connectivity index (χ3v) is 4.66. The van der Waals surface area contributed by atoms with Crippen molar-refractivity contribution in [1.29, 1.82) is 0 Å². The Balaban J connectivity index is 1.53. The Morgan fingerprint density at radius 2 is 2.18 bits per heavy atom. The molecule has 0 amide bonds. The highest BCUT2D eigenvalue weighted by Crippen LogP contribution is 2.29. The lowest BCUT2D eigenvalue weighted by atomic mass is 10.0. The van der Waals surface area contributed by atoms with Crippen LogP contribution in [-0.2, 0) is 6.54 Å². The van der Waals surface area contributed by atoms with Crippen molar-refractivity contribution in [1.82, 2.24) is 20.1 Å². The first-order valence-corrected chi connectivity index (χ1v) is 7.86. The van der Waals surface area contributed by atoms with E-state index in [9.17, 15) is 0 Å². The van der Waals surface area contributed by atoms with E-state index in [-0.39, 0.29) is 0 Å². The molecular weight excluding hydrogens is 272 g/mol. The van der Waals surface area contributed by atoms with Gasteiger partial charge in [0.1, 0.15) is 0 Å². The van der Waals surface area contributed by atoms with Crippen LogP contribution in [0.1, 0.15) is 29.2 Å². The maximum atomic E-state index is 4.56. The van der Waals surface area contributed by atoms with Gasteiger partial charge in [-0.2, -0.15) is 5.10 Å². The first-order chi connectivity index (χ1) is 10.8. The molecule has 0 unspecified atom stereocenters. The molecule has 3 aromatic rings. The summed E-state index contributed by atoms with van der Waals surface area (Å²) in [6.07, 6.45) is 5.00. The van der Waals surface area contributed by atoms with E-state index in [1.54, 1.807) is 0 Å². The summed E-state index contributed by atoms with van der Waals surface area (Å²) in [6.45, 7) is 5.33. The Morgan fingerprint density at radius 1 is 1.27 bits per heavy atom. The molecule has 4 heteroatoms. The molecule has 1 aliphatic rings. The summed E-state index contributed by atoms with van der Waals surface area (Å²) in [4.78, 5) is 7.09. The van der Waals surface area contributed by atoms with Gasteiger partial charge in [-0.3, -0.25) is 15.0 Å². The second-order valence-electron chi connectivity index (χ2n) is 6.18. The van der Waals surface area contributed by atoms with Crippen LogP contribution >= 0.6 is 0 Å². The first-order valence-electron chi connectivity index (χ1n) is 7.86. The van der Waals surface area contributed by atoms with Gasteiger partial charge in [0.2, 0.25) is 0 Å². The third-order valence-electron chi connectivity index (χ3n) is 4.66. The van der Waals surface area contributed by atoms with Crippen molar-refractivity contribution in [3.8, 4) is 0 Å². The lowest BCUT2D eigenvalue weighted by molar-refractivity contribution is 0.327. The number of benzene rings is 1. The fourth-order valence-electron chi connectivity index (χ4n) is 3.52. The molecule has 1 aromatic carbocycles. The molecule has 0 radical (unpaired) electrons. The van der Waals surface area contributed by atoms with Crippen molar-refractivity contribution in [2.24, 2.45) is 0 Å². The number of H-pyrrole nitrogens is 1. The zero-order valence-electron chi connectivity index (χ0n) is 12.8. The number of hydrogen-bond acceptors (Lipinski definition) is 3. The summed E-state index contributed by atoms with van der Waals surface area (Å²) < 4.78 is 0. The average Bonchev–Trinajstić information content (AvgIpc) is 3.16. The van der Waals surface area contributed by atoms with Crippen LogP contribution in [-0.4, -0.2) is 33.2 Å². The van der Waals surface area contributed by atoms with E-state index in [4.69, 9.17) is 0 Å². The molecule has 0 aliphatic carbocycles. The largest absolute Gasteiger partial charge is 0.298 e. The lowest BCUT2D eigenvalue weighted by Crippen LogP contribution is -2.20. The Hall–Kier alpha value is -2.20. The average molecular weight is 292 g/mol. The van der Waals surface area contributed by atoms with Crippen molar-refractivity contribution >= 4 is 10.9 Å². The predicted molar refractivity (Wildman–Crippen MR) is 87.7 cm³/mol. The second kappa shape index (κ2) is 5.54. The van der Waals surface area contributed by atoms with Gasteiger partial charge < -0.3 is 0 Å². The number of aromatic amines is 1. The van der Waals surface area contributed by atoms with Crippen LogP contribution < -0.4 is 0 Å².